The summed E-state index contributed by atoms with van der Waals surface area (Å²) in [4.78, 5) is 3.77. The molecule has 1 heterocycles. The number of guanidine groups is 1. The fourth-order valence-electron chi connectivity index (χ4n) is 1.32. The molecule has 1 aromatic heterocycles. The van der Waals surface area contributed by atoms with Crippen LogP contribution in [-0.2, 0) is 6.54 Å². The molecule has 0 unspecified atom stereocenters. The second-order valence-corrected chi connectivity index (χ2v) is 3.46. The third-order valence-corrected chi connectivity index (χ3v) is 2.06. The molecule has 4 nitrogen and oxygen atoms in total. The molecule has 0 spiro atoms. The highest BCUT2D eigenvalue weighted by Gasteiger charge is 2.02. The van der Waals surface area contributed by atoms with Crippen LogP contribution in [0.25, 0.3) is 0 Å². The molecule has 0 aliphatic rings. The molecule has 0 radical (unpaired) electrons. The van der Waals surface area contributed by atoms with Crippen molar-refractivity contribution in [3.63, 3.8) is 0 Å². The zero-order chi connectivity index (χ0) is 12.5. The number of aromatic nitrogens is 1. The van der Waals surface area contributed by atoms with E-state index in [9.17, 15) is 8.78 Å². The van der Waals surface area contributed by atoms with Gasteiger partial charge in [-0.3, -0.25) is 0 Å². The van der Waals surface area contributed by atoms with Crippen molar-refractivity contribution in [3.05, 3.63) is 24.5 Å². The number of alkyl halides is 2. The summed E-state index contributed by atoms with van der Waals surface area (Å²) in [6, 6.07) is 3.88. The Morgan fingerprint density at radius 3 is 2.59 bits per heavy atom. The second kappa shape index (κ2) is 7.65. The predicted octanol–water partition coefficient (Wildman–Crippen LogP) is 1.31. The van der Waals surface area contributed by atoms with E-state index < -0.39 is 13.0 Å². The lowest BCUT2D eigenvalue weighted by Gasteiger charge is -2.11. The molecule has 2 N–H and O–H groups in total. The molecule has 1 aromatic rings. The molecule has 0 bridgehead atoms. The number of halogens is 2. The summed E-state index contributed by atoms with van der Waals surface area (Å²) in [5.74, 6) is 0.431. The lowest BCUT2D eigenvalue weighted by Crippen LogP contribution is -2.39. The Morgan fingerprint density at radius 1 is 1.29 bits per heavy atom. The van der Waals surface area contributed by atoms with E-state index in [0.717, 1.165) is 6.54 Å². The van der Waals surface area contributed by atoms with Gasteiger partial charge in [-0.05, 0) is 19.1 Å². The van der Waals surface area contributed by atoms with Gasteiger partial charge < -0.3 is 15.2 Å². The van der Waals surface area contributed by atoms with Gasteiger partial charge in [0.1, 0.15) is 6.54 Å². The SMILES string of the molecule is CCNC(=NCC(F)F)NCCn1cccc1. The molecule has 0 fully saturated rings. The topological polar surface area (TPSA) is 41.4 Å². The minimum Gasteiger partial charge on any atom is -0.357 e. The maximum absolute atomic E-state index is 12.0. The predicted molar refractivity (Wildman–Crippen MR) is 64.4 cm³/mol. The van der Waals surface area contributed by atoms with Crippen molar-refractivity contribution < 1.29 is 8.78 Å². The Balaban J connectivity index is 2.31. The van der Waals surface area contributed by atoms with Gasteiger partial charge in [0.05, 0.1) is 0 Å². The first-order chi connectivity index (χ1) is 8.22. The van der Waals surface area contributed by atoms with Gasteiger partial charge in [-0.1, -0.05) is 0 Å². The van der Waals surface area contributed by atoms with E-state index in [-0.39, 0.29) is 0 Å². The minimum absolute atomic E-state index is 0.431. The average molecular weight is 244 g/mol. The van der Waals surface area contributed by atoms with Crippen molar-refractivity contribution in [2.45, 2.75) is 19.9 Å². The zero-order valence-corrected chi connectivity index (χ0v) is 9.87. The van der Waals surface area contributed by atoms with Crippen LogP contribution in [0, 0.1) is 0 Å². The van der Waals surface area contributed by atoms with Crippen LogP contribution in [-0.4, -0.2) is 36.6 Å². The molecule has 17 heavy (non-hydrogen) atoms. The summed E-state index contributed by atoms with van der Waals surface area (Å²) in [5, 5.41) is 5.91. The first-order valence-electron chi connectivity index (χ1n) is 5.63. The maximum atomic E-state index is 12.0. The molecule has 1 rings (SSSR count). The van der Waals surface area contributed by atoms with Gasteiger partial charge in [-0.15, -0.1) is 0 Å². The largest absolute Gasteiger partial charge is 0.357 e. The lowest BCUT2D eigenvalue weighted by molar-refractivity contribution is 0.158. The molecule has 0 saturated carbocycles. The smallest absolute Gasteiger partial charge is 0.257 e. The highest BCUT2D eigenvalue weighted by atomic mass is 19.3. The molecule has 96 valence electrons. The van der Waals surface area contributed by atoms with Crippen LogP contribution in [0.2, 0.25) is 0 Å². The molecular weight excluding hydrogens is 226 g/mol. The van der Waals surface area contributed by atoms with E-state index in [1.807, 2.05) is 36.0 Å². The van der Waals surface area contributed by atoms with E-state index in [4.69, 9.17) is 0 Å². The van der Waals surface area contributed by atoms with Crippen LogP contribution < -0.4 is 10.6 Å². The summed E-state index contributed by atoms with van der Waals surface area (Å²) in [6.07, 6.45) is 1.49. The second-order valence-electron chi connectivity index (χ2n) is 3.46. The highest BCUT2D eigenvalue weighted by molar-refractivity contribution is 5.79. The third-order valence-electron chi connectivity index (χ3n) is 2.06. The van der Waals surface area contributed by atoms with Gasteiger partial charge in [-0.25, -0.2) is 13.8 Å². The van der Waals surface area contributed by atoms with Crippen LogP contribution in [0.5, 0.6) is 0 Å². The zero-order valence-electron chi connectivity index (χ0n) is 9.87. The van der Waals surface area contributed by atoms with Crippen LogP contribution >= 0.6 is 0 Å². The molecule has 0 aliphatic carbocycles. The standard InChI is InChI=1S/C11H18F2N4/c1-2-14-11(16-9-10(12)13)15-5-8-17-6-3-4-7-17/h3-4,6-7,10H,2,5,8-9H2,1H3,(H2,14,15,16). The van der Waals surface area contributed by atoms with Crippen LogP contribution in [0.1, 0.15) is 6.92 Å². The van der Waals surface area contributed by atoms with Crippen molar-refractivity contribution in [2.24, 2.45) is 4.99 Å². The van der Waals surface area contributed by atoms with E-state index >= 15 is 0 Å². The Kier molecular flexibility index (Phi) is 6.06. The van der Waals surface area contributed by atoms with Gasteiger partial charge in [0.2, 0.25) is 0 Å². The Bertz CT molecular complexity index is 322. The normalized spacial score (nSPS) is 11.9. The number of hydrogen-bond donors (Lipinski definition) is 2. The number of rotatable bonds is 6. The van der Waals surface area contributed by atoms with Crippen molar-refractivity contribution in [1.82, 2.24) is 15.2 Å². The van der Waals surface area contributed by atoms with Crippen molar-refractivity contribution in [3.8, 4) is 0 Å². The van der Waals surface area contributed by atoms with E-state index in [1.54, 1.807) is 0 Å². The molecular formula is C11H18F2N4. The molecule has 0 aliphatic heterocycles. The molecule has 6 heteroatoms. The van der Waals surface area contributed by atoms with Crippen molar-refractivity contribution >= 4 is 5.96 Å². The number of nitrogens with zero attached hydrogens (tertiary/aromatic N) is 2. The van der Waals surface area contributed by atoms with E-state index in [2.05, 4.69) is 15.6 Å². The monoisotopic (exact) mass is 244 g/mol. The fourth-order valence-corrected chi connectivity index (χ4v) is 1.32. The summed E-state index contributed by atoms with van der Waals surface area (Å²) in [6.45, 7) is 3.48. The first-order valence-corrected chi connectivity index (χ1v) is 5.63. The summed E-state index contributed by atoms with van der Waals surface area (Å²) in [7, 11) is 0. The average Bonchev–Trinajstić information content (AvgIpc) is 2.78. The van der Waals surface area contributed by atoms with Crippen LogP contribution in [0.15, 0.2) is 29.5 Å². The van der Waals surface area contributed by atoms with Crippen molar-refractivity contribution in [1.29, 1.82) is 0 Å². The molecule has 0 atom stereocenters. The Morgan fingerprint density at radius 2 is 2.00 bits per heavy atom. The number of nitrogens with one attached hydrogen (secondary N) is 2. The first kappa shape index (κ1) is 13.5. The lowest BCUT2D eigenvalue weighted by atomic mass is 10.6. The van der Waals surface area contributed by atoms with Gasteiger partial charge >= 0.3 is 0 Å². The number of hydrogen-bond acceptors (Lipinski definition) is 1. The quantitative estimate of drug-likeness (QED) is 0.585. The van der Waals surface area contributed by atoms with Crippen molar-refractivity contribution in [2.75, 3.05) is 19.6 Å². The Hall–Kier alpha value is -1.59. The Labute approximate surface area is 99.7 Å². The molecule has 0 saturated heterocycles. The van der Waals surface area contributed by atoms with E-state index in [0.29, 0.717) is 19.0 Å². The summed E-state index contributed by atoms with van der Waals surface area (Å²) < 4.78 is 26.0. The van der Waals surface area contributed by atoms with Gasteiger partial charge in [0, 0.05) is 32.0 Å². The highest BCUT2D eigenvalue weighted by Crippen LogP contribution is 1.92. The third kappa shape index (κ3) is 5.89. The van der Waals surface area contributed by atoms with Gasteiger partial charge in [-0.2, -0.15) is 0 Å². The maximum Gasteiger partial charge on any atom is 0.257 e. The van der Waals surface area contributed by atoms with Crippen LogP contribution in [0.3, 0.4) is 0 Å². The minimum atomic E-state index is -2.41. The van der Waals surface area contributed by atoms with Gasteiger partial charge in [0.15, 0.2) is 5.96 Å². The molecule has 0 amide bonds. The summed E-state index contributed by atoms with van der Waals surface area (Å²) in [5.41, 5.74) is 0. The molecule has 0 aromatic carbocycles. The van der Waals surface area contributed by atoms with Crippen LogP contribution in [0.4, 0.5) is 8.78 Å². The summed E-state index contributed by atoms with van der Waals surface area (Å²) >= 11 is 0. The van der Waals surface area contributed by atoms with E-state index in [1.165, 1.54) is 0 Å². The fraction of sp³-hybridized carbons (Fsp3) is 0.545. The number of aliphatic imine (C=N–C) groups is 1. The van der Waals surface area contributed by atoms with Gasteiger partial charge in [0.25, 0.3) is 6.43 Å².